The third-order valence-electron chi connectivity index (χ3n) is 4.43. The molecule has 0 bridgehead atoms. The van der Waals surface area contributed by atoms with Crippen molar-refractivity contribution in [1.82, 2.24) is 5.32 Å². The lowest BCUT2D eigenvalue weighted by molar-refractivity contribution is 0.565. The molecule has 0 saturated heterocycles. The first kappa shape index (κ1) is 16.4. The molecule has 2 atom stereocenters. The zero-order chi connectivity index (χ0) is 18.1. The van der Waals surface area contributed by atoms with Crippen LogP contribution in [0.2, 0.25) is 0 Å². The first-order chi connectivity index (χ1) is 12.6. The summed E-state index contributed by atoms with van der Waals surface area (Å²) in [5.74, 6) is -0.336. The van der Waals surface area contributed by atoms with Gasteiger partial charge in [0, 0.05) is 5.56 Å². The maximum Gasteiger partial charge on any atom is 0.129 e. The molecule has 0 saturated carbocycles. The van der Waals surface area contributed by atoms with Gasteiger partial charge in [0.2, 0.25) is 0 Å². The topological polar surface area (TPSA) is 24.4 Å². The number of benzene rings is 3. The van der Waals surface area contributed by atoms with E-state index in [4.69, 9.17) is 4.99 Å². The molecule has 5 heteroatoms. The van der Waals surface area contributed by atoms with Crippen LogP contribution in [0.25, 0.3) is 0 Å². The summed E-state index contributed by atoms with van der Waals surface area (Å²) in [6, 6.07) is 17.9. The van der Waals surface area contributed by atoms with Gasteiger partial charge in [0.1, 0.15) is 29.3 Å². The number of nitrogens with one attached hydrogen (secondary N) is 1. The summed E-state index contributed by atoms with van der Waals surface area (Å²) in [5, 5.41) is 3.34. The van der Waals surface area contributed by atoms with Crippen molar-refractivity contribution >= 4 is 5.84 Å². The van der Waals surface area contributed by atoms with Gasteiger partial charge in [0.15, 0.2) is 0 Å². The number of halogens is 3. The lowest BCUT2D eigenvalue weighted by Crippen LogP contribution is -2.25. The molecule has 0 unspecified atom stereocenters. The Kier molecular flexibility index (Phi) is 4.21. The van der Waals surface area contributed by atoms with Gasteiger partial charge >= 0.3 is 0 Å². The zero-order valence-electron chi connectivity index (χ0n) is 13.7. The Hall–Kier alpha value is -3.08. The summed E-state index contributed by atoms with van der Waals surface area (Å²) >= 11 is 0. The molecule has 0 fully saturated rings. The van der Waals surface area contributed by atoms with Crippen LogP contribution in [0.3, 0.4) is 0 Å². The van der Waals surface area contributed by atoms with Gasteiger partial charge in [-0.3, -0.25) is 4.99 Å². The van der Waals surface area contributed by atoms with Crippen molar-refractivity contribution in [3.05, 3.63) is 107 Å². The Morgan fingerprint density at radius 2 is 1.08 bits per heavy atom. The second-order valence-corrected chi connectivity index (χ2v) is 6.15. The predicted molar refractivity (Wildman–Crippen MR) is 94.4 cm³/mol. The van der Waals surface area contributed by atoms with Crippen LogP contribution in [0.15, 0.2) is 77.8 Å². The molecule has 4 rings (SSSR count). The molecule has 0 spiro atoms. The van der Waals surface area contributed by atoms with Crippen LogP contribution in [-0.2, 0) is 0 Å². The lowest BCUT2D eigenvalue weighted by atomic mass is 9.95. The minimum Gasteiger partial charge on any atom is -0.361 e. The Labute approximate surface area is 149 Å². The molecule has 130 valence electrons. The Morgan fingerprint density at radius 1 is 0.615 bits per heavy atom. The average molecular weight is 352 g/mol. The van der Waals surface area contributed by atoms with Gasteiger partial charge in [0.25, 0.3) is 0 Å². The lowest BCUT2D eigenvalue weighted by Gasteiger charge is -2.19. The summed E-state index contributed by atoms with van der Waals surface area (Å²) in [6.07, 6.45) is 0. The van der Waals surface area contributed by atoms with Crippen LogP contribution >= 0.6 is 0 Å². The highest BCUT2D eigenvalue weighted by Gasteiger charge is 2.31. The monoisotopic (exact) mass is 352 g/mol. The molecule has 0 aromatic heterocycles. The van der Waals surface area contributed by atoms with Crippen molar-refractivity contribution in [2.75, 3.05) is 0 Å². The highest BCUT2D eigenvalue weighted by atomic mass is 19.1. The van der Waals surface area contributed by atoms with E-state index in [-0.39, 0.29) is 29.5 Å². The number of hydrogen-bond donors (Lipinski definition) is 1. The fourth-order valence-corrected chi connectivity index (χ4v) is 3.11. The molecule has 2 nitrogen and oxygen atoms in total. The van der Waals surface area contributed by atoms with E-state index in [0.29, 0.717) is 5.84 Å². The number of aliphatic imine (C=N–C) groups is 1. The van der Waals surface area contributed by atoms with Crippen LogP contribution in [0.5, 0.6) is 0 Å². The largest absolute Gasteiger partial charge is 0.361 e. The molecule has 1 N–H and O–H groups in total. The first-order valence-corrected chi connectivity index (χ1v) is 8.21. The van der Waals surface area contributed by atoms with Gasteiger partial charge in [-0.15, -0.1) is 0 Å². The fourth-order valence-electron chi connectivity index (χ4n) is 3.11. The molecule has 26 heavy (non-hydrogen) atoms. The Bertz CT molecular complexity index is 933. The number of hydrogen-bond acceptors (Lipinski definition) is 2. The van der Waals surface area contributed by atoms with Gasteiger partial charge in [-0.25, -0.2) is 13.2 Å². The van der Waals surface area contributed by atoms with Crippen LogP contribution in [-0.4, -0.2) is 5.84 Å². The Balaban J connectivity index is 1.74. The first-order valence-electron chi connectivity index (χ1n) is 8.21. The van der Waals surface area contributed by atoms with Crippen LogP contribution < -0.4 is 5.32 Å². The second-order valence-electron chi connectivity index (χ2n) is 6.15. The molecular formula is C21H15F3N2. The summed E-state index contributed by atoms with van der Waals surface area (Å²) in [4.78, 5) is 4.74. The molecule has 0 amide bonds. The normalized spacial score (nSPS) is 19.1. The quantitative estimate of drug-likeness (QED) is 0.710. The zero-order valence-corrected chi connectivity index (χ0v) is 13.7. The predicted octanol–water partition coefficient (Wildman–Crippen LogP) is 4.94. The van der Waals surface area contributed by atoms with E-state index in [0.717, 1.165) is 16.7 Å². The van der Waals surface area contributed by atoms with Gasteiger partial charge < -0.3 is 5.32 Å². The number of amidine groups is 1. The average Bonchev–Trinajstić information content (AvgIpc) is 3.09. The highest BCUT2D eigenvalue weighted by Crippen LogP contribution is 2.37. The molecule has 0 radical (unpaired) electrons. The third-order valence-corrected chi connectivity index (χ3v) is 4.43. The maximum absolute atomic E-state index is 13.3. The minimum atomic E-state index is -0.322. The number of nitrogens with zero attached hydrogens (tertiary/aromatic N) is 1. The van der Waals surface area contributed by atoms with Crippen molar-refractivity contribution in [3.8, 4) is 0 Å². The van der Waals surface area contributed by atoms with E-state index in [1.807, 2.05) is 0 Å². The van der Waals surface area contributed by atoms with E-state index in [2.05, 4.69) is 5.32 Å². The van der Waals surface area contributed by atoms with E-state index >= 15 is 0 Å². The maximum atomic E-state index is 13.3. The van der Waals surface area contributed by atoms with E-state index in [1.54, 1.807) is 36.4 Å². The molecular weight excluding hydrogens is 337 g/mol. The molecule has 1 heterocycles. The summed E-state index contributed by atoms with van der Waals surface area (Å²) in [7, 11) is 0. The smallest absolute Gasteiger partial charge is 0.129 e. The molecule has 1 aliphatic rings. The van der Waals surface area contributed by atoms with Gasteiger partial charge in [0.05, 0.1) is 6.04 Å². The summed E-state index contributed by atoms with van der Waals surface area (Å²) in [5.41, 5.74) is 2.45. The second kappa shape index (κ2) is 6.67. The standard InChI is InChI=1S/C21H15F3N2/c22-16-7-1-13(2-8-16)19-20(14-3-9-17(23)10-4-14)26-21(25-19)15-5-11-18(24)12-6-15/h1-12,19-20H,(H,25,26)/t19-,20+. The molecule has 3 aromatic rings. The highest BCUT2D eigenvalue weighted by molar-refractivity contribution is 6.00. The van der Waals surface area contributed by atoms with Crippen molar-refractivity contribution < 1.29 is 13.2 Å². The SMILES string of the molecule is Fc1ccc(C2=N[C@@H](c3ccc(F)cc3)[C@@H](c3ccc(F)cc3)N2)cc1. The van der Waals surface area contributed by atoms with Gasteiger partial charge in [-0.05, 0) is 59.7 Å². The van der Waals surface area contributed by atoms with Crippen molar-refractivity contribution in [1.29, 1.82) is 0 Å². The van der Waals surface area contributed by atoms with E-state index in [9.17, 15) is 13.2 Å². The van der Waals surface area contributed by atoms with E-state index in [1.165, 1.54) is 36.4 Å². The summed E-state index contributed by atoms with van der Waals surface area (Å²) in [6.45, 7) is 0. The number of rotatable bonds is 3. The van der Waals surface area contributed by atoms with Gasteiger partial charge in [-0.2, -0.15) is 0 Å². The molecule has 0 aliphatic carbocycles. The van der Waals surface area contributed by atoms with Gasteiger partial charge in [-0.1, -0.05) is 24.3 Å². The third kappa shape index (κ3) is 3.20. The van der Waals surface area contributed by atoms with Crippen molar-refractivity contribution in [2.45, 2.75) is 12.1 Å². The summed E-state index contributed by atoms with van der Waals surface area (Å²) < 4.78 is 39.8. The van der Waals surface area contributed by atoms with Crippen LogP contribution in [0.1, 0.15) is 28.8 Å². The van der Waals surface area contributed by atoms with E-state index < -0.39 is 0 Å². The minimum absolute atomic E-state index is 0.235. The fraction of sp³-hybridized carbons (Fsp3) is 0.0952. The molecule has 1 aliphatic heterocycles. The Morgan fingerprint density at radius 3 is 1.62 bits per heavy atom. The molecule has 3 aromatic carbocycles. The van der Waals surface area contributed by atoms with Crippen molar-refractivity contribution in [2.24, 2.45) is 4.99 Å². The van der Waals surface area contributed by atoms with Crippen LogP contribution in [0.4, 0.5) is 13.2 Å². The van der Waals surface area contributed by atoms with Crippen molar-refractivity contribution in [3.63, 3.8) is 0 Å². The van der Waals surface area contributed by atoms with Crippen LogP contribution in [0, 0.1) is 17.5 Å².